The zero-order valence-corrected chi connectivity index (χ0v) is 32.9. The van der Waals surface area contributed by atoms with Gasteiger partial charge in [-0.05, 0) is 53.7 Å². The molecule has 0 unspecified atom stereocenters. The summed E-state index contributed by atoms with van der Waals surface area (Å²) < 4.78 is 43.6. The molecule has 15 heteroatoms. The van der Waals surface area contributed by atoms with Crippen molar-refractivity contribution in [1.82, 2.24) is 0 Å². The predicted molar refractivity (Wildman–Crippen MR) is 197 cm³/mol. The van der Waals surface area contributed by atoms with Crippen molar-refractivity contribution >= 4 is 11.8 Å². The number of benzene rings is 1. The number of hydrogen-bond donors (Lipinski definition) is 1. The van der Waals surface area contributed by atoms with Gasteiger partial charge >= 0.3 is 5.97 Å². The van der Waals surface area contributed by atoms with E-state index in [1.165, 1.54) is 0 Å². The van der Waals surface area contributed by atoms with Crippen molar-refractivity contribution in [3.05, 3.63) is 33.4 Å². The molecule has 4 rings (SSSR count). The Morgan fingerprint density at radius 1 is 0.833 bits per heavy atom. The van der Waals surface area contributed by atoms with E-state index >= 15 is 0 Å². The first-order chi connectivity index (χ1) is 25.9. The van der Waals surface area contributed by atoms with Crippen LogP contribution in [0.3, 0.4) is 0 Å². The monoisotopic (exact) mass is 769 g/mol. The third-order valence-corrected chi connectivity index (χ3v) is 10.5. The summed E-state index contributed by atoms with van der Waals surface area (Å²) in [6.07, 6.45) is 4.95. The fourth-order valence-electron chi connectivity index (χ4n) is 7.31. The van der Waals surface area contributed by atoms with Crippen molar-refractivity contribution < 1.29 is 62.5 Å². The van der Waals surface area contributed by atoms with Crippen LogP contribution in [0.5, 0.6) is 11.5 Å². The molecule has 3 fully saturated rings. The number of rotatable bonds is 31. The van der Waals surface area contributed by atoms with E-state index in [1.54, 1.807) is 13.2 Å². The predicted octanol–water partition coefficient (Wildman–Crippen LogP) is 5.20. The van der Waals surface area contributed by atoms with Gasteiger partial charge in [-0.15, -0.1) is 10.1 Å². The summed E-state index contributed by atoms with van der Waals surface area (Å²) in [5, 5.41) is 21.1. The lowest BCUT2D eigenvalue weighted by Crippen LogP contribution is -2.56. The molecule has 3 saturated carbocycles. The van der Waals surface area contributed by atoms with Crippen LogP contribution >= 0.6 is 0 Å². The molecule has 0 amide bonds. The fraction of sp³-hybridized carbons (Fsp3) is 0.795. The first kappa shape index (κ1) is 45.5. The van der Waals surface area contributed by atoms with Gasteiger partial charge in [0, 0.05) is 30.9 Å². The van der Waals surface area contributed by atoms with Crippen molar-refractivity contribution in [2.75, 3.05) is 99.6 Å². The molecule has 308 valence electrons. The van der Waals surface area contributed by atoms with Crippen molar-refractivity contribution in [3.8, 4) is 11.5 Å². The quantitative estimate of drug-likeness (QED) is 0.0342. The van der Waals surface area contributed by atoms with E-state index in [0.29, 0.717) is 84.5 Å². The van der Waals surface area contributed by atoms with Crippen LogP contribution in [-0.4, -0.2) is 122 Å². The maximum atomic E-state index is 13.1. The molecule has 15 nitrogen and oxygen atoms in total. The highest BCUT2D eigenvalue weighted by Gasteiger charge is 2.59. The van der Waals surface area contributed by atoms with Gasteiger partial charge < -0.3 is 47.8 Å². The number of fused-ring (bicyclic) bond motifs is 2. The average molecular weight is 770 g/mol. The molecule has 0 radical (unpaired) electrons. The molecule has 0 heterocycles. The van der Waals surface area contributed by atoms with Gasteiger partial charge in [-0.2, -0.15) is 0 Å². The lowest BCUT2D eigenvalue weighted by molar-refractivity contribution is -0.757. The van der Waals surface area contributed by atoms with Gasteiger partial charge in [0.25, 0.3) is 5.09 Å². The van der Waals surface area contributed by atoms with Crippen molar-refractivity contribution in [1.29, 1.82) is 0 Å². The minimum Gasteiger partial charge on any atom is -0.508 e. The lowest BCUT2D eigenvalue weighted by atomic mass is 9.44. The van der Waals surface area contributed by atoms with Crippen LogP contribution in [0.4, 0.5) is 0 Å². The van der Waals surface area contributed by atoms with Crippen molar-refractivity contribution in [2.45, 2.75) is 84.0 Å². The second kappa shape index (κ2) is 23.9. The van der Waals surface area contributed by atoms with Gasteiger partial charge in [-0.3, -0.25) is 4.79 Å². The topological polar surface area (TPSA) is 181 Å². The highest BCUT2D eigenvalue weighted by atomic mass is 16.9. The minimum absolute atomic E-state index is 0.0195. The Balaban J connectivity index is 1.42. The van der Waals surface area contributed by atoms with Gasteiger partial charge in [0.1, 0.15) is 23.9 Å². The number of carbonyl (C=O) groups excluding carboxylic acids is 2. The molecule has 3 aliphatic rings. The number of carbonyl (C=O) groups is 2. The minimum atomic E-state index is -0.777. The second-order valence-corrected chi connectivity index (χ2v) is 15.1. The van der Waals surface area contributed by atoms with Crippen LogP contribution in [0.2, 0.25) is 0 Å². The summed E-state index contributed by atoms with van der Waals surface area (Å²) in [5.41, 5.74) is 0.731. The highest BCUT2D eigenvalue weighted by molar-refractivity contribution is 5.86. The number of phenols is 1. The maximum Gasteiger partial charge on any atom is 0.337 e. The number of ether oxygens (including phenoxy) is 8. The van der Waals surface area contributed by atoms with Crippen LogP contribution < -0.4 is 4.74 Å². The van der Waals surface area contributed by atoms with E-state index in [1.807, 2.05) is 6.07 Å². The number of phenolic OH excluding ortho intramolecular Hbond substituents is 1. The Morgan fingerprint density at radius 2 is 1.37 bits per heavy atom. The summed E-state index contributed by atoms with van der Waals surface area (Å²) in [7, 11) is 1.63. The van der Waals surface area contributed by atoms with Gasteiger partial charge in [0.15, 0.2) is 0 Å². The third-order valence-electron chi connectivity index (χ3n) is 10.5. The molecular formula is C39H63NO14. The molecule has 3 aliphatic carbocycles. The van der Waals surface area contributed by atoms with Gasteiger partial charge in [-0.1, -0.05) is 47.0 Å². The van der Waals surface area contributed by atoms with Gasteiger partial charge in [0.05, 0.1) is 85.9 Å². The molecule has 0 aliphatic heterocycles. The zero-order valence-electron chi connectivity index (χ0n) is 32.9. The molecule has 1 N–H and O–H groups in total. The summed E-state index contributed by atoms with van der Waals surface area (Å²) in [5.74, 6) is -0.225. The van der Waals surface area contributed by atoms with Crippen LogP contribution in [0.1, 0.15) is 89.7 Å². The third kappa shape index (κ3) is 15.0. The normalized spacial score (nSPS) is 19.1. The van der Waals surface area contributed by atoms with E-state index in [2.05, 4.69) is 32.5 Å². The number of methoxy groups -OCH3 is 1. The van der Waals surface area contributed by atoms with Crippen LogP contribution in [0, 0.1) is 27.4 Å². The molecule has 0 aromatic heterocycles. The zero-order chi connectivity index (χ0) is 39.4. The van der Waals surface area contributed by atoms with Gasteiger partial charge in [-0.25, -0.2) is 4.79 Å². The number of ketones is 1. The maximum absolute atomic E-state index is 13.1. The van der Waals surface area contributed by atoms with Crippen LogP contribution in [-0.2, 0) is 53.0 Å². The molecule has 0 saturated heterocycles. The summed E-state index contributed by atoms with van der Waals surface area (Å²) in [6.45, 7) is 13.2. The number of nitrogens with zero attached hydrogens (tertiary/aromatic N) is 1. The molecule has 54 heavy (non-hydrogen) atoms. The Bertz CT molecular complexity index is 1290. The number of hydrogen-bond acceptors (Lipinski definition) is 14. The van der Waals surface area contributed by atoms with E-state index < -0.39 is 11.1 Å². The Labute approximate surface area is 319 Å². The van der Waals surface area contributed by atoms with E-state index in [4.69, 9.17) is 37.9 Å². The highest BCUT2D eigenvalue weighted by Crippen LogP contribution is 2.64. The fourth-order valence-corrected chi connectivity index (χ4v) is 7.31. The van der Waals surface area contributed by atoms with E-state index in [0.717, 1.165) is 37.7 Å². The molecule has 3 atom stereocenters. The van der Waals surface area contributed by atoms with Crippen molar-refractivity contribution in [3.63, 3.8) is 0 Å². The Kier molecular flexibility index (Phi) is 20.1. The Hall–Kier alpha value is -2.92. The average Bonchev–Trinajstić information content (AvgIpc) is 3.11. The standard InChI is InChI=1S/C39H63NO14/c1-38(2,10-8-6-7-9-11-53-40(44)45)29-24-34(42)37(30-26-33(41)32-27-31(30)39(32,3)4)35(25-29)54-36(43)28-52-23-22-51-21-20-50-19-18-49-17-16-48-15-14-47-13-12-46-5/h24-25,30-32,42H,6-23,26-28H2,1-5H3/t30-,31-,32+/m0/s1. The number of Topliss-reactive ketones (excluding diaryl/α,β-unsaturated/α-hetero) is 1. The summed E-state index contributed by atoms with van der Waals surface area (Å²) in [4.78, 5) is 40.9. The number of unbranched alkanes of at least 4 members (excludes halogenated alkanes) is 3. The number of aromatic hydroxyl groups is 1. The summed E-state index contributed by atoms with van der Waals surface area (Å²) >= 11 is 0. The first-order valence-corrected chi connectivity index (χ1v) is 19.2. The first-order valence-electron chi connectivity index (χ1n) is 19.2. The molecule has 0 spiro atoms. The Morgan fingerprint density at radius 3 is 1.89 bits per heavy atom. The van der Waals surface area contributed by atoms with Crippen LogP contribution in [0.25, 0.3) is 0 Å². The van der Waals surface area contributed by atoms with E-state index in [-0.39, 0.29) is 72.3 Å². The molecule has 1 aromatic rings. The largest absolute Gasteiger partial charge is 0.508 e. The molecule has 2 bridgehead atoms. The van der Waals surface area contributed by atoms with E-state index in [9.17, 15) is 24.8 Å². The van der Waals surface area contributed by atoms with Gasteiger partial charge in [0.2, 0.25) is 0 Å². The lowest BCUT2D eigenvalue weighted by Gasteiger charge is -2.59. The number of esters is 1. The van der Waals surface area contributed by atoms with Crippen molar-refractivity contribution in [2.24, 2.45) is 17.3 Å². The molecule has 1 aromatic carbocycles. The van der Waals surface area contributed by atoms with Crippen LogP contribution in [0.15, 0.2) is 12.1 Å². The summed E-state index contributed by atoms with van der Waals surface area (Å²) in [6, 6.07) is 3.56. The smallest absolute Gasteiger partial charge is 0.337 e. The SMILES string of the molecule is COCCOCCOCCOCCOCCOCCOCC(=O)Oc1cc(C(C)(C)CCCCCCO[N+](=O)[O-])cc(O)c1[C@H]1CC(=O)[C@H]2C[C@@H]1C2(C)C. The second-order valence-electron chi connectivity index (χ2n) is 15.1. The molecular weight excluding hydrogens is 706 g/mol.